The van der Waals surface area contributed by atoms with E-state index >= 15 is 0 Å². The summed E-state index contributed by atoms with van der Waals surface area (Å²) in [7, 11) is 0. The van der Waals surface area contributed by atoms with E-state index < -0.39 is 12.2 Å². The topological polar surface area (TPSA) is 69.9 Å². The summed E-state index contributed by atoms with van der Waals surface area (Å²) in [6, 6.07) is 6.43. The minimum absolute atomic E-state index is 0.117. The van der Waals surface area contributed by atoms with Gasteiger partial charge in [0.15, 0.2) is 0 Å². The highest BCUT2D eigenvalue weighted by Gasteiger charge is 2.33. The van der Waals surface area contributed by atoms with Crippen LogP contribution in [-0.4, -0.2) is 40.7 Å². The molecule has 190 valence electrons. The first-order valence-corrected chi connectivity index (χ1v) is 12.7. The molecule has 0 aromatic heterocycles. The summed E-state index contributed by atoms with van der Waals surface area (Å²) in [5.41, 5.74) is 5.60. The summed E-state index contributed by atoms with van der Waals surface area (Å²) in [5.74, 6) is 0.693. The van der Waals surface area contributed by atoms with Crippen molar-refractivity contribution in [3.8, 4) is 5.75 Å². The summed E-state index contributed by atoms with van der Waals surface area (Å²) < 4.78 is 5.98. The van der Waals surface area contributed by atoms with Crippen molar-refractivity contribution in [2.75, 3.05) is 13.2 Å². The van der Waals surface area contributed by atoms with Gasteiger partial charge in [0.25, 0.3) is 0 Å². The predicted octanol–water partition coefficient (Wildman–Crippen LogP) is 6.03. The van der Waals surface area contributed by atoms with Gasteiger partial charge in [-0.1, -0.05) is 77.5 Å². The van der Waals surface area contributed by atoms with Crippen LogP contribution in [0.25, 0.3) is 0 Å². The second kappa shape index (κ2) is 11.7. The third-order valence-electron chi connectivity index (χ3n) is 7.70. The number of hydrogen-bond acceptors (Lipinski definition) is 4. The molecule has 1 aromatic rings. The monoisotopic (exact) mass is 470 g/mol. The van der Waals surface area contributed by atoms with Crippen molar-refractivity contribution in [2.24, 2.45) is 11.3 Å². The standard InChI is InChI=1S/C30H46O4/c1-9-30(10-2,23-12-11-20(3)25(15-13-23)22(5)26(32)18-31)24-14-16-27(21(4)17-24)34-19-28(33)29(6,7)8/h12-17,22,26,28,31-33H,9-11,18-19H2,1-8H3. The van der Waals surface area contributed by atoms with E-state index in [-0.39, 0.29) is 30.0 Å². The van der Waals surface area contributed by atoms with Crippen LogP contribution in [0.4, 0.5) is 0 Å². The van der Waals surface area contributed by atoms with Crippen molar-refractivity contribution in [1.82, 2.24) is 0 Å². The Kier molecular flexibility index (Phi) is 9.76. The van der Waals surface area contributed by atoms with Crippen LogP contribution in [0.2, 0.25) is 0 Å². The van der Waals surface area contributed by atoms with Gasteiger partial charge in [-0.05, 0) is 66.9 Å². The zero-order valence-corrected chi connectivity index (χ0v) is 22.5. The molecular weight excluding hydrogens is 424 g/mol. The molecule has 0 radical (unpaired) electrons. The fourth-order valence-electron chi connectivity index (χ4n) is 4.79. The molecule has 3 atom stereocenters. The number of aliphatic hydroxyl groups excluding tert-OH is 3. The summed E-state index contributed by atoms with van der Waals surface area (Å²) in [6.45, 7) is 16.7. The van der Waals surface area contributed by atoms with Crippen molar-refractivity contribution < 1.29 is 20.1 Å². The van der Waals surface area contributed by atoms with E-state index in [2.05, 4.69) is 58.1 Å². The van der Waals surface area contributed by atoms with Gasteiger partial charge in [0, 0.05) is 11.3 Å². The highest BCUT2D eigenvalue weighted by atomic mass is 16.5. The number of hydrogen-bond donors (Lipinski definition) is 3. The van der Waals surface area contributed by atoms with E-state index in [1.165, 1.54) is 16.7 Å². The van der Waals surface area contributed by atoms with Crippen LogP contribution in [0.1, 0.15) is 78.9 Å². The van der Waals surface area contributed by atoms with Crippen LogP contribution in [0.15, 0.2) is 53.1 Å². The van der Waals surface area contributed by atoms with Crippen LogP contribution in [-0.2, 0) is 5.41 Å². The van der Waals surface area contributed by atoms with E-state index in [4.69, 9.17) is 4.74 Å². The zero-order chi connectivity index (χ0) is 25.7. The molecule has 1 aliphatic carbocycles. The fourth-order valence-corrected chi connectivity index (χ4v) is 4.79. The number of ether oxygens (including phenoxy) is 1. The first-order valence-electron chi connectivity index (χ1n) is 12.7. The molecule has 0 spiro atoms. The minimum atomic E-state index is -0.759. The molecule has 0 aliphatic heterocycles. The molecule has 3 unspecified atom stereocenters. The minimum Gasteiger partial charge on any atom is -0.491 e. The Morgan fingerprint density at radius 2 is 1.68 bits per heavy atom. The molecule has 4 nitrogen and oxygen atoms in total. The van der Waals surface area contributed by atoms with Crippen molar-refractivity contribution in [2.45, 2.75) is 92.3 Å². The second-order valence-electron chi connectivity index (χ2n) is 10.9. The average molecular weight is 471 g/mol. The molecule has 0 saturated carbocycles. The molecule has 0 fully saturated rings. The van der Waals surface area contributed by atoms with E-state index in [1.54, 1.807) is 0 Å². The van der Waals surface area contributed by atoms with Crippen molar-refractivity contribution >= 4 is 0 Å². The van der Waals surface area contributed by atoms with E-state index in [9.17, 15) is 15.3 Å². The molecule has 1 aromatic carbocycles. The predicted molar refractivity (Wildman–Crippen MR) is 141 cm³/mol. The first-order chi connectivity index (χ1) is 15.9. The lowest BCUT2D eigenvalue weighted by Crippen LogP contribution is -2.32. The largest absolute Gasteiger partial charge is 0.491 e. The van der Waals surface area contributed by atoms with Crippen LogP contribution < -0.4 is 4.74 Å². The normalized spacial score (nSPS) is 17.8. The van der Waals surface area contributed by atoms with Gasteiger partial charge < -0.3 is 20.1 Å². The van der Waals surface area contributed by atoms with Gasteiger partial charge in [-0.3, -0.25) is 0 Å². The summed E-state index contributed by atoms with van der Waals surface area (Å²) >= 11 is 0. The average Bonchev–Trinajstić information content (AvgIpc) is 2.99. The molecular formula is C30H46O4. The summed E-state index contributed by atoms with van der Waals surface area (Å²) in [4.78, 5) is 0. The Labute approximate surface area is 207 Å². The Balaban J connectivity index is 2.35. The van der Waals surface area contributed by atoms with Gasteiger partial charge in [-0.25, -0.2) is 0 Å². The number of benzene rings is 1. The molecule has 0 bridgehead atoms. The lowest BCUT2D eigenvalue weighted by atomic mass is 9.69. The maximum absolute atomic E-state index is 10.4. The highest BCUT2D eigenvalue weighted by Crippen LogP contribution is 2.43. The van der Waals surface area contributed by atoms with Gasteiger partial charge in [0.2, 0.25) is 0 Å². The Hall–Kier alpha value is -1.88. The fraction of sp³-hybridized carbons (Fsp3) is 0.600. The molecule has 4 heteroatoms. The molecule has 0 saturated heterocycles. The first kappa shape index (κ1) is 28.4. The summed E-state index contributed by atoms with van der Waals surface area (Å²) in [6.07, 6.45) is 8.13. The quantitative estimate of drug-likeness (QED) is 0.390. The smallest absolute Gasteiger partial charge is 0.122 e. The van der Waals surface area contributed by atoms with Gasteiger partial charge in [-0.2, -0.15) is 0 Å². The third kappa shape index (κ3) is 6.21. The van der Waals surface area contributed by atoms with Crippen LogP contribution in [0.3, 0.4) is 0 Å². The van der Waals surface area contributed by atoms with E-state index in [1.807, 2.05) is 33.8 Å². The Morgan fingerprint density at radius 3 is 2.21 bits per heavy atom. The van der Waals surface area contributed by atoms with Gasteiger partial charge in [-0.15, -0.1) is 0 Å². The molecule has 0 amide bonds. The molecule has 0 heterocycles. The maximum Gasteiger partial charge on any atom is 0.122 e. The third-order valence-corrected chi connectivity index (χ3v) is 7.70. The number of aliphatic hydroxyl groups is 3. The SMILES string of the molecule is CCC(CC)(C1=CCC(C)=C(C(C)C(O)CO)C=C1)c1ccc(OCC(O)C(C)(C)C)c(C)c1. The Morgan fingerprint density at radius 1 is 1.03 bits per heavy atom. The van der Waals surface area contributed by atoms with Crippen molar-refractivity contribution in [3.63, 3.8) is 0 Å². The second-order valence-corrected chi connectivity index (χ2v) is 10.9. The number of aryl methyl sites for hydroxylation is 1. The van der Waals surface area contributed by atoms with Gasteiger partial charge >= 0.3 is 0 Å². The van der Waals surface area contributed by atoms with Crippen molar-refractivity contribution in [3.05, 3.63) is 64.3 Å². The zero-order valence-electron chi connectivity index (χ0n) is 22.5. The lowest BCUT2D eigenvalue weighted by Gasteiger charge is -2.35. The van der Waals surface area contributed by atoms with Crippen LogP contribution in [0, 0.1) is 18.3 Å². The summed E-state index contributed by atoms with van der Waals surface area (Å²) in [5, 5.41) is 30.0. The van der Waals surface area contributed by atoms with E-state index in [0.717, 1.165) is 36.1 Å². The van der Waals surface area contributed by atoms with Crippen molar-refractivity contribution in [1.29, 1.82) is 0 Å². The van der Waals surface area contributed by atoms with Crippen LogP contribution in [0.5, 0.6) is 5.75 Å². The highest BCUT2D eigenvalue weighted by molar-refractivity contribution is 5.49. The number of allylic oxidation sites excluding steroid dienone is 5. The molecule has 34 heavy (non-hydrogen) atoms. The van der Waals surface area contributed by atoms with E-state index in [0.29, 0.717) is 0 Å². The van der Waals surface area contributed by atoms with Gasteiger partial charge in [0.05, 0.1) is 18.8 Å². The molecule has 2 rings (SSSR count). The van der Waals surface area contributed by atoms with Crippen LogP contribution >= 0.6 is 0 Å². The van der Waals surface area contributed by atoms with Gasteiger partial charge in [0.1, 0.15) is 12.4 Å². The lowest BCUT2D eigenvalue weighted by molar-refractivity contribution is 0.0216. The number of rotatable bonds is 10. The molecule has 3 N–H and O–H groups in total. The Bertz CT molecular complexity index is 912. The maximum atomic E-state index is 10.4. The molecule has 1 aliphatic rings.